The minimum absolute atomic E-state index is 0.437. The highest BCUT2D eigenvalue weighted by Crippen LogP contribution is 2.18. The summed E-state index contributed by atoms with van der Waals surface area (Å²) in [5, 5.41) is 3.38. The van der Waals surface area contributed by atoms with Crippen LogP contribution in [-0.4, -0.2) is 18.4 Å². The van der Waals surface area contributed by atoms with Gasteiger partial charge >= 0.3 is 0 Å². The van der Waals surface area contributed by atoms with Gasteiger partial charge in [0.25, 0.3) is 0 Å². The van der Waals surface area contributed by atoms with Crippen LogP contribution in [0.25, 0.3) is 0 Å². The van der Waals surface area contributed by atoms with Gasteiger partial charge in [0.2, 0.25) is 0 Å². The van der Waals surface area contributed by atoms with Gasteiger partial charge in [-0.15, -0.1) is 0 Å². The normalized spacial score (nSPS) is 16.2. The Morgan fingerprint density at radius 1 is 1.36 bits per heavy atom. The van der Waals surface area contributed by atoms with E-state index in [0.717, 1.165) is 38.3 Å². The molecule has 0 aromatic carbocycles. The zero-order chi connectivity index (χ0) is 10.4. The lowest BCUT2D eigenvalue weighted by Gasteiger charge is -2.10. The van der Waals surface area contributed by atoms with Gasteiger partial charge in [-0.1, -0.05) is 26.7 Å². The maximum absolute atomic E-state index is 11.5. The van der Waals surface area contributed by atoms with Crippen LogP contribution in [0.1, 0.15) is 52.4 Å². The molecular weight excluding hydrogens is 174 g/mol. The summed E-state index contributed by atoms with van der Waals surface area (Å²) < 4.78 is 0. The molecule has 0 aliphatic heterocycles. The average Bonchev–Trinajstić information content (AvgIpc) is 2.98. The molecule has 0 atom stereocenters. The third kappa shape index (κ3) is 4.75. The van der Waals surface area contributed by atoms with Crippen LogP contribution < -0.4 is 5.32 Å². The first kappa shape index (κ1) is 11.7. The minimum atomic E-state index is 0.437. The molecule has 14 heavy (non-hydrogen) atoms. The molecule has 1 saturated carbocycles. The molecule has 0 saturated heterocycles. The van der Waals surface area contributed by atoms with Gasteiger partial charge in [-0.2, -0.15) is 0 Å². The Labute approximate surface area is 87.5 Å². The lowest BCUT2D eigenvalue weighted by molar-refractivity contribution is -0.119. The number of nitrogens with one attached hydrogen (secondary N) is 1. The Hall–Kier alpha value is -0.370. The predicted octanol–water partition coefficient (Wildman–Crippen LogP) is 2.52. The molecule has 0 heterocycles. The Balaban J connectivity index is 2.01. The molecular formula is C12H23NO. The van der Waals surface area contributed by atoms with Crippen molar-refractivity contribution in [2.45, 2.75) is 58.4 Å². The van der Waals surface area contributed by atoms with Gasteiger partial charge in [-0.05, 0) is 18.8 Å². The van der Waals surface area contributed by atoms with Gasteiger partial charge in [0, 0.05) is 25.4 Å². The minimum Gasteiger partial charge on any atom is -0.314 e. The number of carbonyl (C=O) groups excluding carboxylic acids is 1. The van der Waals surface area contributed by atoms with E-state index in [1.165, 1.54) is 12.8 Å². The Morgan fingerprint density at radius 2 is 2.00 bits per heavy atom. The third-order valence-electron chi connectivity index (χ3n) is 3.09. The highest BCUT2D eigenvalue weighted by atomic mass is 16.1. The summed E-state index contributed by atoms with van der Waals surface area (Å²) in [4.78, 5) is 11.5. The van der Waals surface area contributed by atoms with E-state index in [2.05, 4.69) is 19.2 Å². The highest BCUT2D eigenvalue weighted by molar-refractivity contribution is 5.78. The van der Waals surface area contributed by atoms with E-state index in [4.69, 9.17) is 0 Å². The van der Waals surface area contributed by atoms with Crippen molar-refractivity contribution < 1.29 is 4.79 Å². The summed E-state index contributed by atoms with van der Waals surface area (Å²) in [6.45, 7) is 5.23. The van der Waals surface area contributed by atoms with Crippen molar-refractivity contribution >= 4 is 5.78 Å². The summed E-state index contributed by atoms with van der Waals surface area (Å²) >= 11 is 0. The molecule has 1 aliphatic carbocycles. The first-order valence-corrected chi connectivity index (χ1v) is 6.01. The number of rotatable bonds is 8. The summed E-state index contributed by atoms with van der Waals surface area (Å²) in [7, 11) is 0. The number of hydrogen-bond donors (Lipinski definition) is 1. The van der Waals surface area contributed by atoms with E-state index in [1.54, 1.807) is 0 Å². The number of hydrogen-bond acceptors (Lipinski definition) is 2. The predicted molar refractivity (Wildman–Crippen MR) is 59.3 cm³/mol. The van der Waals surface area contributed by atoms with E-state index in [-0.39, 0.29) is 0 Å². The van der Waals surface area contributed by atoms with Gasteiger partial charge in [-0.3, -0.25) is 4.79 Å². The molecule has 0 radical (unpaired) electrons. The zero-order valence-electron chi connectivity index (χ0n) is 9.51. The van der Waals surface area contributed by atoms with E-state index < -0.39 is 0 Å². The van der Waals surface area contributed by atoms with Crippen LogP contribution in [0.4, 0.5) is 0 Å². The van der Waals surface area contributed by atoms with Gasteiger partial charge in [0.15, 0.2) is 0 Å². The largest absolute Gasteiger partial charge is 0.314 e. The van der Waals surface area contributed by atoms with Crippen LogP contribution in [0.15, 0.2) is 0 Å². The van der Waals surface area contributed by atoms with Crippen molar-refractivity contribution in [3.05, 3.63) is 0 Å². The first-order chi connectivity index (χ1) is 6.76. The van der Waals surface area contributed by atoms with Gasteiger partial charge in [0.1, 0.15) is 5.78 Å². The van der Waals surface area contributed by atoms with Crippen LogP contribution in [0.5, 0.6) is 0 Å². The van der Waals surface area contributed by atoms with E-state index >= 15 is 0 Å². The second kappa shape index (κ2) is 6.18. The molecule has 0 spiro atoms. The molecule has 0 amide bonds. The Kier molecular flexibility index (Phi) is 5.16. The van der Waals surface area contributed by atoms with Crippen molar-refractivity contribution in [2.24, 2.45) is 5.92 Å². The molecule has 0 bridgehead atoms. The highest BCUT2D eigenvalue weighted by Gasteiger charge is 2.20. The second-order valence-electron chi connectivity index (χ2n) is 4.40. The quantitative estimate of drug-likeness (QED) is 0.648. The topological polar surface area (TPSA) is 29.1 Å². The monoisotopic (exact) mass is 197 g/mol. The smallest absolute Gasteiger partial charge is 0.134 e. The molecule has 1 aliphatic rings. The second-order valence-corrected chi connectivity index (χ2v) is 4.40. The van der Waals surface area contributed by atoms with Crippen molar-refractivity contribution in [2.75, 3.05) is 6.54 Å². The standard InChI is InChI=1S/C12H23NO/c1-3-10(4-2)9-12(14)7-8-13-11-5-6-11/h10-11,13H,3-9H2,1-2H3. The van der Waals surface area contributed by atoms with E-state index in [9.17, 15) is 4.79 Å². The number of Topliss-reactive ketones (excluding diaryl/α,β-unsaturated/α-hetero) is 1. The molecule has 0 aromatic heterocycles. The molecule has 0 unspecified atom stereocenters. The summed E-state index contributed by atoms with van der Waals surface area (Å²) in [5.74, 6) is 1.05. The molecule has 82 valence electrons. The number of carbonyl (C=O) groups is 1. The Morgan fingerprint density at radius 3 is 2.50 bits per heavy atom. The maximum Gasteiger partial charge on any atom is 0.134 e. The van der Waals surface area contributed by atoms with Gasteiger partial charge in [0.05, 0.1) is 0 Å². The average molecular weight is 197 g/mol. The summed E-state index contributed by atoms with van der Waals surface area (Å²) in [6.07, 6.45) is 6.41. The van der Waals surface area contributed by atoms with Crippen LogP contribution in [-0.2, 0) is 4.79 Å². The lowest BCUT2D eigenvalue weighted by Crippen LogP contribution is -2.21. The van der Waals surface area contributed by atoms with Crippen molar-refractivity contribution in [3.63, 3.8) is 0 Å². The van der Waals surface area contributed by atoms with Crippen molar-refractivity contribution in [3.8, 4) is 0 Å². The van der Waals surface area contributed by atoms with Crippen LogP contribution in [0.3, 0.4) is 0 Å². The molecule has 2 nitrogen and oxygen atoms in total. The fourth-order valence-electron chi connectivity index (χ4n) is 1.70. The van der Waals surface area contributed by atoms with Gasteiger partial charge < -0.3 is 5.32 Å². The molecule has 1 N–H and O–H groups in total. The van der Waals surface area contributed by atoms with E-state index in [1.807, 2.05) is 0 Å². The SMILES string of the molecule is CCC(CC)CC(=O)CCNC1CC1. The van der Waals surface area contributed by atoms with Crippen LogP contribution >= 0.6 is 0 Å². The molecule has 2 heteroatoms. The summed E-state index contributed by atoms with van der Waals surface area (Å²) in [5.41, 5.74) is 0. The van der Waals surface area contributed by atoms with E-state index in [0.29, 0.717) is 11.7 Å². The lowest BCUT2D eigenvalue weighted by atomic mass is 9.96. The van der Waals surface area contributed by atoms with Crippen LogP contribution in [0.2, 0.25) is 0 Å². The first-order valence-electron chi connectivity index (χ1n) is 6.01. The molecule has 0 aromatic rings. The third-order valence-corrected chi connectivity index (χ3v) is 3.09. The van der Waals surface area contributed by atoms with Crippen molar-refractivity contribution in [1.82, 2.24) is 5.32 Å². The van der Waals surface area contributed by atoms with Crippen LogP contribution in [0, 0.1) is 5.92 Å². The van der Waals surface area contributed by atoms with Gasteiger partial charge in [-0.25, -0.2) is 0 Å². The molecule has 1 rings (SSSR count). The Bertz CT molecular complexity index is 171. The fourth-order valence-corrected chi connectivity index (χ4v) is 1.70. The molecule has 1 fully saturated rings. The zero-order valence-corrected chi connectivity index (χ0v) is 9.51. The van der Waals surface area contributed by atoms with Crippen molar-refractivity contribution in [1.29, 1.82) is 0 Å². The maximum atomic E-state index is 11.5. The number of ketones is 1. The summed E-state index contributed by atoms with van der Waals surface area (Å²) in [6, 6.07) is 0.732. The fraction of sp³-hybridized carbons (Fsp3) is 0.917.